The number of benzene rings is 1. The summed E-state index contributed by atoms with van der Waals surface area (Å²) < 4.78 is 13.8. The zero-order chi connectivity index (χ0) is 20.9. The summed E-state index contributed by atoms with van der Waals surface area (Å²) >= 11 is 0. The van der Waals surface area contributed by atoms with Gasteiger partial charge in [0, 0.05) is 23.5 Å². The number of anilines is 2. The van der Waals surface area contributed by atoms with Crippen molar-refractivity contribution in [3.05, 3.63) is 54.1 Å². The van der Waals surface area contributed by atoms with Crippen LogP contribution in [0.15, 0.2) is 42.7 Å². The van der Waals surface area contributed by atoms with Crippen molar-refractivity contribution < 1.29 is 14.0 Å². The molecule has 0 spiro atoms. The molecular weight excluding hydrogens is 383 g/mol. The van der Waals surface area contributed by atoms with Crippen molar-refractivity contribution in [2.75, 3.05) is 5.32 Å². The number of carbonyl (C=O) groups is 2. The molecule has 1 aromatic heterocycles. The second-order valence-electron chi connectivity index (χ2n) is 8.26. The number of nitrogens with zero attached hydrogens (tertiary/aromatic N) is 1. The van der Waals surface area contributed by atoms with E-state index >= 15 is 0 Å². The Kier molecular flexibility index (Phi) is 6.26. The molecule has 2 fully saturated rings. The lowest BCUT2D eigenvalue weighted by molar-refractivity contribution is -0.123. The Morgan fingerprint density at radius 1 is 1.13 bits per heavy atom. The highest BCUT2D eigenvalue weighted by Gasteiger charge is 2.31. The van der Waals surface area contributed by atoms with E-state index in [0.29, 0.717) is 23.6 Å². The fraction of sp³-hybridized carbons (Fsp3) is 0.435. The molecule has 0 saturated heterocycles. The van der Waals surface area contributed by atoms with Crippen molar-refractivity contribution >= 4 is 23.2 Å². The summed E-state index contributed by atoms with van der Waals surface area (Å²) in [5.41, 5.74) is 1.29. The standard InChI is InChI=1S/C23H27FN4O2/c24-19-14-25-11-10-20(19)26-18-7-3-6-16(13-18)22(29)28-21(12-15-4-1-2-5-15)23(30)27-17-8-9-17/h3,6-7,10-11,13-15,17,21H,1-2,4-5,8-9,12H2,(H,25,26)(H,27,30)(H,28,29)/t21-/m0/s1. The van der Waals surface area contributed by atoms with Crippen molar-refractivity contribution in [2.45, 2.75) is 57.0 Å². The molecule has 158 valence electrons. The van der Waals surface area contributed by atoms with Crippen molar-refractivity contribution in [2.24, 2.45) is 5.92 Å². The van der Waals surface area contributed by atoms with Crippen molar-refractivity contribution in [3.8, 4) is 0 Å². The average molecular weight is 410 g/mol. The predicted octanol–water partition coefficient (Wildman–Crippen LogP) is 3.92. The quantitative estimate of drug-likeness (QED) is 0.616. The normalized spacial score (nSPS) is 17.4. The number of halogens is 1. The number of amides is 2. The summed E-state index contributed by atoms with van der Waals surface area (Å²) in [6, 6.07) is 8.08. The van der Waals surface area contributed by atoms with Crippen molar-refractivity contribution in [1.82, 2.24) is 15.6 Å². The number of hydrogen-bond acceptors (Lipinski definition) is 4. The Balaban J connectivity index is 1.44. The molecule has 2 amide bonds. The molecule has 0 radical (unpaired) electrons. The minimum atomic E-state index is -0.532. The van der Waals surface area contributed by atoms with E-state index in [9.17, 15) is 14.0 Å². The molecule has 1 heterocycles. The number of nitrogens with one attached hydrogen (secondary N) is 3. The second-order valence-corrected chi connectivity index (χ2v) is 8.26. The topological polar surface area (TPSA) is 83.1 Å². The van der Waals surface area contributed by atoms with Crippen molar-refractivity contribution in [1.29, 1.82) is 0 Å². The van der Waals surface area contributed by atoms with Gasteiger partial charge < -0.3 is 16.0 Å². The minimum absolute atomic E-state index is 0.0918. The van der Waals surface area contributed by atoms with E-state index in [1.807, 2.05) is 0 Å². The van der Waals surface area contributed by atoms with Gasteiger partial charge >= 0.3 is 0 Å². The maximum atomic E-state index is 13.8. The second kappa shape index (κ2) is 9.24. The average Bonchev–Trinajstić information content (AvgIpc) is 3.41. The monoisotopic (exact) mass is 410 g/mol. The summed E-state index contributed by atoms with van der Waals surface area (Å²) in [6.07, 6.45) is 9.91. The molecule has 6 nitrogen and oxygen atoms in total. The van der Waals surface area contributed by atoms with Gasteiger partial charge in [-0.05, 0) is 49.4 Å². The first-order valence-electron chi connectivity index (χ1n) is 10.7. The van der Waals surface area contributed by atoms with Crippen LogP contribution in [0, 0.1) is 11.7 Å². The summed E-state index contributed by atoms with van der Waals surface area (Å²) in [6.45, 7) is 0. The van der Waals surface area contributed by atoms with Crippen LogP contribution in [0.5, 0.6) is 0 Å². The van der Waals surface area contributed by atoms with Gasteiger partial charge in [0.2, 0.25) is 5.91 Å². The lowest BCUT2D eigenvalue weighted by Crippen LogP contribution is -2.48. The van der Waals surface area contributed by atoms with Gasteiger partial charge in [0.15, 0.2) is 5.82 Å². The first-order chi connectivity index (χ1) is 14.6. The third-order valence-electron chi connectivity index (χ3n) is 5.77. The van der Waals surface area contributed by atoms with Gasteiger partial charge in [-0.15, -0.1) is 0 Å². The Morgan fingerprint density at radius 2 is 1.93 bits per heavy atom. The van der Waals surface area contributed by atoms with Gasteiger partial charge in [-0.1, -0.05) is 31.7 Å². The molecule has 2 aromatic rings. The smallest absolute Gasteiger partial charge is 0.252 e. The number of aromatic nitrogens is 1. The Bertz CT molecular complexity index is 910. The molecule has 4 rings (SSSR count). The number of pyridine rings is 1. The van der Waals surface area contributed by atoms with E-state index in [-0.39, 0.29) is 23.5 Å². The van der Waals surface area contributed by atoms with Gasteiger partial charge in [0.1, 0.15) is 6.04 Å². The highest BCUT2D eigenvalue weighted by molar-refractivity contribution is 5.98. The van der Waals surface area contributed by atoms with Gasteiger partial charge in [0.25, 0.3) is 5.91 Å². The van der Waals surface area contributed by atoms with E-state index < -0.39 is 11.9 Å². The van der Waals surface area contributed by atoms with Crippen LogP contribution in [0.1, 0.15) is 55.3 Å². The summed E-state index contributed by atoms with van der Waals surface area (Å²) in [5, 5.41) is 8.92. The third-order valence-corrected chi connectivity index (χ3v) is 5.77. The van der Waals surface area contributed by atoms with Gasteiger partial charge in [-0.25, -0.2) is 4.39 Å². The van der Waals surface area contributed by atoms with Crippen LogP contribution in [-0.2, 0) is 4.79 Å². The van der Waals surface area contributed by atoms with Crippen LogP contribution in [-0.4, -0.2) is 28.9 Å². The van der Waals surface area contributed by atoms with Gasteiger partial charge in [0.05, 0.1) is 11.9 Å². The highest BCUT2D eigenvalue weighted by Crippen LogP contribution is 2.29. The number of hydrogen-bond donors (Lipinski definition) is 3. The van der Waals surface area contributed by atoms with Crippen molar-refractivity contribution in [3.63, 3.8) is 0 Å². The lowest BCUT2D eigenvalue weighted by Gasteiger charge is -2.21. The third kappa shape index (κ3) is 5.34. The maximum Gasteiger partial charge on any atom is 0.252 e. The van der Waals surface area contributed by atoms with Gasteiger partial charge in [-0.2, -0.15) is 0 Å². The Morgan fingerprint density at radius 3 is 2.67 bits per heavy atom. The molecule has 0 unspecified atom stereocenters. The van der Waals surface area contributed by atoms with E-state index in [1.165, 1.54) is 25.1 Å². The van der Waals surface area contributed by atoms with Gasteiger partial charge in [-0.3, -0.25) is 14.6 Å². The molecule has 2 aliphatic rings. The summed E-state index contributed by atoms with van der Waals surface area (Å²) in [7, 11) is 0. The molecule has 2 aliphatic carbocycles. The zero-order valence-electron chi connectivity index (χ0n) is 16.9. The molecule has 2 saturated carbocycles. The van der Waals surface area contributed by atoms with E-state index in [4.69, 9.17) is 0 Å². The first-order valence-corrected chi connectivity index (χ1v) is 10.7. The first kappa shape index (κ1) is 20.3. The summed E-state index contributed by atoms with van der Waals surface area (Å²) in [5.74, 6) is -0.391. The molecule has 1 atom stereocenters. The van der Waals surface area contributed by atoms with Crippen LogP contribution in [0.4, 0.5) is 15.8 Å². The predicted molar refractivity (Wildman–Crippen MR) is 113 cm³/mol. The Labute approximate surface area is 175 Å². The van der Waals surface area contributed by atoms with Crippen LogP contribution in [0.2, 0.25) is 0 Å². The SMILES string of the molecule is O=C(N[C@@H](CC1CCCC1)C(=O)NC1CC1)c1cccc(Nc2ccncc2F)c1. The largest absolute Gasteiger partial charge is 0.353 e. The molecular formula is C23H27FN4O2. The molecule has 0 bridgehead atoms. The highest BCUT2D eigenvalue weighted by atomic mass is 19.1. The van der Waals surface area contributed by atoms with Crippen LogP contribution in [0.3, 0.4) is 0 Å². The number of carbonyl (C=O) groups excluding carboxylic acids is 2. The zero-order valence-corrected chi connectivity index (χ0v) is 16.9. The van der Waals surface area contributed by atoms with E-state index in [2.05, 4.69) is 20.9 Å². The minimum Gasteiger partial charge on any atom is -0.353 e. The Hall–Kier alpha value is -2.96. The molecule has 7 heteroatoms. The maximum absolute atomic E-state index is 13.8. The molecule has 1 aromatic carbocycles. The molecule has 0 aliphatic heterocycles. The van der Waals surface area contributed by atoms with E-state index in [0.717, 1.165) is 31.9 Å². The fourth-order valence-electron chi connectivity index (χ4n) is 3.95. The van der Waals surface area contributed by atoms with Crippen LogP contribution in [0.25, 0.3) is 0 Å². The molecule has 3 N–H and O–H groups in total. The lowest BCUT2D eigenvalue weighted by atomic mass is 9.97. The summed E-state index contributed by atoms with van der Waals surface area (Å²) in [4.78, 5) is 29.3. The van der Waals surface area contributed by atoms with Crippen LogP contribution >= 0.6 is 0 Å². The number of rotatable bonds is 8. The van der Waals surface area contributed by atoms with Crippen LogP contribution < -0.4 is 16.0 Å². The molecule has 30 heavy (non-hydrogen) atoms. The fourth-order valence-corrected chi connectivity index (χ4v) is 3.95. The van der Waals surface area contributed by atoms with E-state index in [1.54, 1.807) is 24.3 Å².